The summed E-state index contributed by atoms with van der Waals surface area (Å²) in [6.07, 6.45) is 3.40. The van der Waals surface area contributed by atoms with Crippen molar-refractivity contribution in [1.29, 1.82) is 0 Å². The highest BCUT2D eigenvalue weighted by Gasteiger charge is 2.22. The van der Waals surface area contributed by atoms with Gasteiger partial charge in [0, 0.05) is 24.5 Å². The predicted molar refractivity (Wildman–Crippen MR) is 123 cm³/mol. The highest BCUT2D eigenvalue weighted by atomic mass is 16.5. The van der Waals surface area contributed by atoms with E-state index in [4.69, 9.17) is 4.74 Å². The quantitative estimate of drug-likeness (QED) is 0.476. The molecular formula is C25H25N5O2. The fraction of sp³-hybridized carbons (Fsp3) is 0.200. The van der Waals surface area contributed by atoms with E-state index in [-0.39, 0.29) is 11.6 Å². The van der Waals surface area contributed by atoms with Crippen molar-refractivity contribution in [3.8, 4) is 22.7 Å². The molecule has 0 radical (unpaired) electrons. The third-order valence-electron chi connectivity index (χ3n) is 5.22. The SMILES string of the molecule is CCOc1cccc(CNC(=O)c2nnn(-c3ccc(C)c(C)c3)c2-c2cccnc2)c1. The molecule has 0 atom stereocenters. The number of rotatable bonds is 7. The average molecular weight is 428 g/mol. The third kappa shape index (κ3) is 4.51. The Hall–Kier alpha value is -4.00. The van der Waals surface area contributed by atoms with E-state index in [2.05, 4.69) is 27.5 Å². The van der Waals surface area contributed by atoms with Crippen LogP contribution in [-0.4, -0.2) is 32.5 Å². The molecule has 1 amide bonds. The van der Waals surface area contributed by atoms with Crippen molar-refractivity contribution in [1.82, 2.24) is 25.3 Å². The molecule has 7 heteroatoms. The van der Waals surface area contributed by atoms with Crippen LogP contribution in [0.1, 0.15) is 34.1 Å². The molecule has 2 heterocycles. The summed E-state index contributed by atoms with van der Waals surface area (Å²) in [5.74, 6) is 0.469. The lowest BCUT2D eigenvalue weighted by atomic mass is 10.1. The molecule has 0 bridgehead atoms. The van der Waals surface area contributed by atoms with Crippen LogP contribution in [0.15, 0.2) is 67.0 Å². The minimum Gasteiger partial charge on any atom is -0.494 e. The van der Waals surface area contributed by atoms with Crippen molar-refractivity contribution in [2.75, 3.05) is 6.61 Å². The van der Waals surface area contributed by atoms with Crippen LogP contribution in [-0.2, 0) is 6.54 Å². The minimum absolute atomic E-state index is 0.247. The van der Waals surface area contributed by atoms with Crippen molar-refractivity contribution < 1.29 is 9.53 Å². The van der Waals surface area contributed by atoms with Crippen molar-refractivity contribution >= 4 is 5.91 Å². The van der Waals surface area contributed by atoms with Gasteiger partial charge >= 0.3 is 0 Å². The van der Waals surface area contributed by atoms with Crippen LogP contribution < -0.4 is 10.1 Å². The molecule has 0 saturated carbocycles. The summed E-state index contributed by atoms with van der Waals surface area (Å²) < 4.78 is 7.23. The number of aryl methyl sites for hydroxylation is 2. The first-order valence-electron chi connectivity index (χ1n) is 10.5. The van der Waals surface area contributed by atoms with Gasteiger partial charge in [-0.2, -0.15) is 0 Å². The molecule has 7 nitrogen and oxygen atoms in total. The number of amides is 1. The van der Waals surface area contributed by atoms with Gasteiger partial charge in [0.2, 0.25) is 0 Å². The van der Waals surface area contributed by atoms with Crippen molar-refractivity contribution in [2.24, 2.45) is 0 Å². The maximum absolute atomic E-state index is 13.1. The monoisotopic (exact) mass is 427 g/mol. The van der Waals surface area contributed by atoms with Crippen LogP contribution in [0.5, 0.6) is 5.75 Å². The molecule has 0 aliphatic heterocycles. The predicted octanol–water partition coefficient (Wildman–Crippen LogP) is 4.27. The zero-order valence-corrected chi connectivity index (χ0v) is 18.4. The maximum atomic E-state index is 13.1. The molecule has 2 aromatic carbocycles. The summed E-state index contributed by atoms with van der Waals surface area (Å²) in [6.45, 7) is 6.98. The average Bonchev–Trinajstić information content (AvgIpc) is 3.26. The van der Waals surface area contributed by atoms with Gasteiger partial charge in [0.1, 0.15) is 11.4 Å². The molecular weight excluding hydrogens is 402 g/mol. The summed E-state index contributed by atoms with van der Waals surface area (Å²) in [7, 11) is 0. The van der Waals surface area contributed by atoms with Gasteiger partial charge in [0.25, 0.3) is 5.91 Å². The number of carbonyl (C=O) groups is 1. The molecule has 0 unspecified atom stereocenters. The van der Waals surface area contributed by atoms with Crippen LogP contribution in [0.2, 0.25) is 0 Å². The van der Waals surface area contributed by atoms with Gasteiger partial charge in [-0.1, -0.05) is 23.4 Å². The zero-order valence-electron chi connectivity index (χ0n) is 18.4. The lowest BCUT2D eigenvalue weighted by Gasteiger charge is -2.10. The molecule has 4 rings (SSSR count). The molecule has 4 aromatic rings. The topological polar surface area (TPSA) is 81.9 Å². The number of benzene rings is 2. The van der Waals surface area contributed by atoms with E-state index in [1.54, 1.807) is 17.1 Å². The highest BCUT2D eigenvalue weighted by molar-refractivity contribution is 5.98. The second-order valence-electron chi connectivity index (χ2n) is 7.47. The molecule has 1 N–H and O–H groups in total. The Morgan fingerprint density at radius 2 is 1.94 bits per heavy atom. The molecule has 0 aliphatic rings. The minimum atomic E-state index is -0.305. The Morgan fingerprint density at radius 1 is 1.06 bits per heavy atom. The number of hydrogen-bond acceptors (Lipinski definition) is 5. The van der Waals surface area contributed by atoms with E-state index in [0.29, 0.717) is 18.8 Å². The van der Waals surface area contributed by atoms with Gasteiger partial charge in [-0.25, -0.2) is 4.68 Å². The van der Waals surface area contributed by atoms with Gasteiger partial charge < -0.3 is 10.1 Å². The Kier molecular flexibility index (Phi) is 6.26. The van der Waals surface area contributed by atoms with Crippen molar-refractivity contribution in [3.05, 3.63) is 89.4 Å². The molecule has 162 valence electrons. The summed E-state index contributed by atoms with van der Waals surface area (Å²) in [6, 6.07) is 17.4. The summed E-state index contributed by atoms with van der Waals surface area (Å²) >= 11 is 0. The number of aromatic nitrogens is 4. The lowest BCUT2D eigenvalue weighted by molar-refractivity contribution is 0.0946. The first-order valence-corrected chi connectivity index (χ1v) is 10.5. The molecule has 0 spiro atoms. The fourth-order valence-corrected chi connectivity index (χ4v) is 3.41. The summed E-state index contributed by atoms with van der Waals surface area (Å²) in [4.78, 5) is 17.3. The third-order valence-corrected chi connectivity index (χ3v) is 5.22. The van der Waals surface area contributed by atoms with Gasteiger partial charge in [-0.15, -0.1) is 5.10 Å². The van der Waals surface area contributed by atoms with E-state index in [0.717, 1.165) is 28.1 Å². The van der Waals surface area contributed by atoms with E-state index in [1.807, 2.05) is 68.4 Å². The maximum Gasteiger partial charge on any atom is 0.274 e. The fourth-order valence-electron chi connectivity index (χ4n) is 3.41. The molecule has 0 aliphatic carbocycles. The van der Waals surface area contributed by atoms with Gasteiger partial charge in [-0.3, -0.25) is 9.78 Å². The van der Waals surface area contributed by atoms with Gasteiger partial charge in [-0.05, 0) is 73.9 Å². The van der Waals surface area contributed by atoms with Gasteiger partial charge in [0.05, 0.1) is 12.3 Å². The van der Waals surface area contributed by atoms with Crippen LogP contribution >= 0.6 is 0 Å². The first-order chi connectivity index (χ1) is 15.6. The molecule has 0 saturated heterocycles. The molecule has 0 fully saturated rings. The largest absolute Gasteiger partial charge is 0.494 e. The zero-order chi connectivity index (χ0) is 22.5. The van der Waals surface area contributed by atoms with Crippen molar-refractivity contribution in [3.63, 3.8) is 0 Å². The Labute approximate surface area is 187 Å². The first kappa shape index (κ1) is 21.2. The smallest absolute Gasteiger partial charge is 0.274 e. The Balaban J connectivity index is 1.66. The highest BCUT2D eigenvalue weighted by Crippen LogP contribution is 2.26. The number of hydrogen-bond donors (Lipinski definition) is 1. The summed E-state index contributed by atoms with van der Waals surface area (Å²) in [5, 5.41) is 11.5. The van der Waals surface area contributed by atoms with Gasteiger partial charge in [0.15, 0.2) is 5.69 Å². The number of nitrogens with one attached hydrogen (secondary N) is 1. The van der Waals surface area contributed by atoms with Crippen LogP contribution in [0.4, 0.5) is 0 Å². The van der Waals surface area contributed by atoms with Crippen molar-refractivity contribution in [2.45, 2.75) is 27.3 Å². The second kappa shape index (κ2) is 9.43. The number of ether oxygens (including phenoxy) is 1. The van der Waals surface area contributed by atoms with E-state index < -0.39 is 0 Å². The Bertz CT molecular complexity index is 1230. The van der Waals surface area contributed by atoms with E-state index in [1.165, 1.54) is 5.56 Å². The van der Waals surface area contributed by atoms with Crippen LogP contribution in [0.25, 0.3) is 16.9 Å². The lowest BCUT2D eigenvalue weighted by Crippen LogP contribution is -2.24. The standard InChI is InChI=1S/C25H25N5O2/c1-4-32-22-9-5-7-19(14-22)15-27-25(31)23-24(20-8-6-12-26-16-20)30(29-28-23)21-11-10-17(2)18(3)13-21/h5-14,16H,4,15H2,1-3H3,(H,27,31). The second-order valence-corrected chi connectivity index (χ2v) is 7.47. The van der Waals surface area contributed by atoms with E-state index >= 15 is 0 Å². The summed E-state index contributed by atoms with van der Waals surface area (Å²) in [5.41, 5.74) is 5.70. The normalized spacial score (nSPS) is 10.7. The van der Waals surface area contributed by atoms with Crippen LogP contribution in [0.3, 0.4) is 0 Å². The molecule has 32 heavy (non-hydrogen) atoms. The van der Waals surface area contributed by atoms with E-state index in [9.17, 15) is 4.79 Å². The molecule has 2 aromatic heterocycles. The number of nitrogens with zero attached hydrogens (tertiary/aromatic N) is 4. The number of pyridine rings is 1. The Morgan fingerprint density at radius 3 is 2.69 bits per heavy atom. The number of carbonyl (C=O) groups excluding carboxylic acids is 1. The van der Waals surface area contributed by atoms with Crippen LogP contribution in [0, 0.1) is 13.8 Å².